The van der Waals surface area contributed by atoms with E-state index < -0.39 is 0 Å². The molecule has 0 radical (unpaired) electrons. The van der Waals surface area contributed by atoms with Crippen LogP contribution < -0.4 is 5.32 Å². The molecule has 0 spiro atoms. The van der Waals surface area contributed by atoms with Gasteiger partial charge in [-0.05, 0) is 34.5 Å². The van der Waals surface area contributed by atoms with Gasteiger partial charge in [-0.3, -0.25) is 0 Å². The minimum Gasteiger partial charge on any atom is -0.314 e. The van der Waals surface area contributed by atoms with Gasteiger partial charge in [-0.15, -0.1) is 12.4 Å². The van der Waals surface area contributed by atoms with Crippen LogP contribution in [0.2, 0.25) is 0 Å². The standard InChI is InChI=1S/C5H7BrN2S.ClH/c1-7-2-5-4(6)3-9-8-5;/h3,7H,2H2,1H3;1H. The van der Waals surface area contributed by atoms with Gasteiger partial charge in [0.2, 0.25) is 0 Å². The maximum absolute atomic E-state index is 4.14. The number of nitrogens with zero attached hydrogens (tertiary/aromatic N) is 1. The Balaban J connectivity index is 0.000000810. The molecular formula is C5H8BrClN2S. The quantitative estimate of drug-likeness (QED) is 0.860. The normalized spacial score (nSPS) is 9.00. The maximum atomic E-state index is 4.14. The second kappa shape index (κ2) is 5.07. The molecule has 0 aliphatic carbocycles. The van der Waals surface area contributed by atoms with Crippen molar-refractivity contribution in [2.24, 2.45) is 0 Å². The van der Waals surface area contributed by atoms with E-state index in [1.807, 2.05) is 12.4 Å². The van der Waals surface area contributed by atoms with Gasteiger partial charge in [-0.1, -0.05) is 0 Å². The van der Waals surface area contributed by atoms with Gasteiger partial charge in [0.1, 0.15) is 0 Å². The molecule has 0 amide bonds. The van der Waals surface area contributed by atoms with Crippen LogP contribution >= 0.6 is 39.9 Å². The first-order valence-electron chi connectivity index (χ1n) is 2.58. The number of nitrogens with one attached hydrogen (secondary N) is 1. The monoisotopic (exact) mass is 242 g/mol. The summed E-state index contributed by atoms with van der Waals surface area (Å²) in [4.78, 5) is 0. The molecule has 1 N–H and O–H groups in total. The lowest BCUT2D eigenvalue weighted by atomic mass is 10.4. The summed E-state index contributed by atoms with van der Waals surface area (Å²) in [6.45, 7) is 0.837. The summed E-state index contributed by atoms with van der Waals surface area (Å²) in [6.07, 6.45) is 0. The SMILES string of the molecule is CNCc1nscc1Br.Cl. The third kappa shape index (κ3) is 2.54. The smallest absolute Gasteiger partial charge is 0.0821 e. The molecule has 10 heavy (non-hydrogen) atoms. The highest BCUT2D eigenvalue weighted by Crippen LogP contribution is 2.16. The van der Waals surface area contributed by atoms with E-state index in [0.29, 0.717) is 0 Å². The molecular weight excluding hydrogens is 235 g/mol. The molecule has 1 heterocycles. The molecule has 0 aromatic carbocycles. The van der Waals surface area contributed by atoms with Crippen LogP contribution in [0.4, 0.5) is 0 Å². The zero-order valence-corrected chi connectivity index (χ0v) is 8.65. The first-order chi connectivity index (χ1) is 4.34. The predicted molar refractivity (Wildman–Crippen MR) is 49.8 cm³/mol. The Labute approximate surface area is 78.7 Å². The molecule has 2 nitrogen and oxygen atoms in total. The molecule has 0 saturated carbocycles. The lowest BCUT2D eigenvalue weighted by Crippen LogP contribution is -2.05. The summed E-state index contributed by atoms with van der Waals surface area (Å²) in [5.74, 6) is 0. The summed E-state index contributed by atoms with van der Waals surface area (Å²) in [6, 6.07) is 0. The van der Waals surface area contributed by atoms with Gasteiger partial charge in [0.25, 0.3) is 0 Å². The van der Waals surface area contributed by atoms with E-state index in [4.69, 9.17) is 0 Å². The van der Waals surface area contributed by atoms with Gasteiger partial charge in [0.05, 0.1) is 10.2 Å². The largest absolute Gasteiger partial charge is 0.314 e. The van der Waals surface area contributed by atoms with Crippen molar-refractivity contribution in [1.29, 1.82) is 0 Å². The van der Waals surface area contributed by atoms with E-state index in [-0.39, 0.29) is 12.4 Å². The van der Waals surface area contributed by atoms with E-state index in [1.54, 1.807) is 0 Å². The third-order valence-corrected chi connectivity index (χ3v) is 2.60. The van der Waals surface area contributed by atoms with Crippen LogP contribution in [-0.4, -0.2) is 11.4 Å². The van der Waals surface area contributed by atoms with Gasteiger partial charge in [-0.2, -0.15) is 4.37 Å². The lowest BCUT2D eigenvalue weighted by Gasteiger charge is -1.91. The third-order valence-electron chi connectivity index (χ3n) is 0.939. The van der Waals surface area contributed by atoms with Crippen LogP contribution in [0, 0.1) is 0 Å². The highest BCUT2D eigenvalue weighted by molar-refractivity contribution is 9.10. The van der Waals surface area contributed by atoms with Crippen LogP contribution in [0.15, 0.2) is 9.85 Å². The van der Waals surface area contributed by atoms with E-state index >= 15 is 0 Å². The van der Waals surface area contributed by atoms with E-state index in [1.165, 1.54) is 11.5 Å². The molecule has 1 aromatic rings. The zero-order chi connectivity index (χ0) is 6.69. The van der Waals surface area contributed by atoms with Crippen molar-refractivity contribution in [3.63, 3.8) is 0 Å². The Morgan fingerprint density at radius 1 is 1.80 bits per heavy atom. The van der Waals surface area contributed by atoms with Gasteiger partial charge >= 0.3 is 0 Å². The second-order valence-electron chi connectivity index (χ2n) is 1.64. The Kier molecular flexibility index (Phi) is 5.25. The number of hydrogen-bond donors (Lipinski definition) is 1. The Hall–Kier alpha value is 0.360. The molecule has 0 unspecified atom stereocenters. The first kappa shape index (κ1) is 10.4. The van der Waals surface area contributed by atoms with Gasteiger partial charge < -0.3 is 5.32 Å². The molecule has 0 aliphatic heterocycles. The lowest BCUT2D eigenvalue weighted by molar-refractivity contribution is 0.798. The highest BCUT2D eigenvalue weighted by atomic mass is 79.9. The average molecular weight is 244 g/mol. The molecule has 58 valence electrons. The van der Waals surface area contributed by atoms with Crippen molar-refractivity contribution in [1.82, 2.24) is 9.69 Å². The average Bonchev–Trinajstić information content (AvgIpc) is 2.18. The van der Waals surface area contributed by atoms with Crippen LogP contribution in [0.3, 0.4) is 0 Å². The molecule has 0 saturated heterocycles. The van der Waals surface area contributed by atoms with Crippen LogP contribution in [0.5, 0.6) is 0 Å². The zero-order valence-electron chi connectivity index (χ0n) is 5.43. The first-order valence-corrected chi connectivity index (χ1v) is 4.21. The summed E-state index contributed by atoms with van der Waals surface area (Å²) in [5, 5.41) is 5.00. The fraction of sp³-hybridized carbons (Fsp3) is 0.400. The Morgan fingerprint density at radius 2 is 2.50 bits per heavy atom. The summed E-state index contributed by atoms with van der Waals surface area (Å²) in [7, 11) is 1.91. The molecule has 0 fully saturated rings. The number of aromatic nitrogens is 1. The van der Waals surface area contributed by atoms with Crippen molar-refractivity contribution >= 4 is 39.9 Å². The molecule has 1 rings (SSSR count). The van der Waals surface area contributed by atoms with Crippen LogP contribution in [0.25, 0.3) is 0 Å². The Bertz CT molecular complexity index is 192. The Morgan fingerprint density at radius 3 is 2.90 bits per heavy atom. The van der Waals surface area contributed by atoms with Gasteiger partial charge in [0, 0.05) is 11.9 Å². The number of halogens is 2. The van der Waals surface area contributed by atoms with Crippen molar-refractivity contribution < 1.29 is 0 Å². The fourth-order valence-electron chi connectivity index (χ4n) is 0.532. The van der Waals surface area contributed by atoms with Crippen molar-refractivity contribution in [3.05, 3.63) is 15.5 Å². The minimum absolute atomic E-state index is 0. The molecule has 0 bridgehead atoms. The minimum atomic E-state index is 0. The number of hydrogen-bond acceptors (Lipinski definition) is 3. The van der Waals surface area contributed by atoms with E-state index in [0.717, 1.165) is 16.7 Å². The summed E-state index contributed by atoms with van der Waals surface area (Å²) >= 11 is 4.84. The summed E-state index contributed by atoms with van der Waals surface area (Å²) < 4.78 is 5.24. The van der Waals surface area contributed by atoms with Crippen LogP contribution in [-0.2, 0) is 6.54 Å². The second-order valence-corrected chi connectivity index (χ2v) is 3.12. The fourth-order valence-corrected chi connectivity index (χ4v) is 1.70. The molecule has 5 heteroatoms. The van der Waals surface area contributed by atoms with Crippen molar-refractivity contribution in [2.45, 2.75) is 6.54 Å². The van der Waals surface area contributed by atoms with E-state index in [9.17, 15) is 0 Å². The highest BCUT2D eigenvalue weighted by Gasteiger charge is 1.98. The summed E-state index contributed by atoms with van der Waals surface area (Å²) in [5.41, 5.74) is 1.09. The predicted octanol–water partition coefficient (Wildman–Crippen LogP) is 2.05. The van der Waals surface area contributed by atoms with Gasteiger partial charge in [0.15, 0.2) is 0 Å². The van der Waals surface area contributed by atoms with Crippen LogP contribution in [0.1, 0.15) is 5.69 Å². The van der Waals surface area contributed by atoms with Crippen molar-refractivity contribution in [3.8, 4) is 0 Å². The maximum Gasteiger partial charge on any atom is 0.0821 e. The van der Waals surface area contributed by atoms with E-state index in [2.05, 4.69) is 25.6 Å². The molecule has 0 atom stereocenters. The van der Waals surface area contributed by atoms with Crippen molar-refractivity contribution in [2.75, 3.05) is 7.05 Å². The molecule has 0 aliphatic rings. The molecule has 1 aromatic heterocycles. The van der Waals surface area contributed by atoms with Gasteiger partial charge in [-0.25, -0.2) is 0 Å². The number of rotatable bonds is 2. The topological polar surface area (TPSA) is 24.9 Å².